The third kappa shape index (κ3) is 3.96. The predicted octanol–water partition coefficient (Wildman–Crippen LogP) is 3.09. The SMILES string of the molecule is CCNCc1ccc(N(C)CC2CCCN2C)cc1Br. The molecule has 4 heteroatoms. The standard InChI is InChI=1S/C16H26BrN3/c1-4-18-11-13-7-8-14(10-16(13)17)20(3)12-15-6-5-9-19(15)2/h7-8,10,15,18H,4-6,9,11-12H2,1-3H3. The zero-order chi connectivity index (χ0) is 14.5. The molecule has 1 aliphatic rings. The van der Waals surface area contributed by atoms with E-state index in [0.717, 1.165) is 19.6 Å². The first kappa shape index (κ1) is 15.8. The predicted molar refractivity (Wildman–Crippen MR) is 90.4 cm³/mol. The second-order valence-electron chi connectivity index (χ2n) is 5.71. The summed E-state index contributed by atoms with van der Waals surface area (Å²) < 4.78 is 1.20. The van der Waals surface area contributed by atoms with Crippen molar-refractivity contribution in [3.63, 3.8) is 0 Å². The average Bonchev–Trinajstić information content (AvgIpc) is 2.83. The number of likely N-dealkylation sites (tertiary alicyclic amines) is 1. The summed E-state index contributed by atoms with van der Waals surface area (Å²) in [4.78, 5) is 4.85. The van der Waals surface area contributed by atoms with E-state index < -0.39 is 0 Å². The van der Waals surface area contributed by atoms with Crippen LogP contribution in [0.25, 0.3) is 0 Å². The number of hydrogen-bond acceptors (Lipinski definition) is 3. The van der Waals surface area contributed by atoms with E-state index in [0.29, 0.717) is 6.04 Å². The first-order chi connectivity index (χ1) is 9.61. The molecule has 1 atom stereocenters. The van der Waals surface area contributed by atoms with Gasteiger partial charge in [-0.3, -0.25) is 0 Å². The minimum atomic E-state index is 0.695. The van der Waals surface area contributed by atoms with Crippen LogP contribution in [0.3, 0.4) is 0 Å². The van der Waals surface area contributed by atoms with Crippen LogP contribution in [0, 0.1) is 0 Å². The van der Waals surface area contributed by atoms with Crippen molar-refractivity contribution in [1.29, 1.82) is 0 Å². The van der Waals surface area contributed by atoms with Crippen molar-refractivity contribution < 1.29 is 0 Å². The maximum absolute atomic E-state index is 3.69. The van der Waals surface area contributed by atoms with Gasteiger partial charge < -0.3 is 15.1 Å². The lowest BCUT2D eigenvalue weighted by Crippen LogP contribution is -2.36. The number of likely N-dealkylation sites (N-methyl/N-ethyl adjacent to an activating group) is 2. The van der Waals surface area contributed by atoms with Crippen molar-refractivity contribution in [3.8, 4) is 0 Å². The van der Waals surface area contributed by atoms with Crippen LogP contribution in [0.2, 0.25) is 0 Å². The Hall–Kier alpha value is -0.580. The molecule has 0 aliphatic carbocycles. The van der Waals surface area contributed by atoms with Gasteiger partial charge in [0.25, 0.3) is 0 Å². The van der Waals surface area contributed by atoms with E-state index in [1.165, 1.54) is 35.1 Å². The Bertz CT molecular complexity index is 436. The van der Waals surface area contributed by atoms with Crippen molar-refractivity contribution in [2.45, 2.75) is 32.4 Å². The summed E-state index contributed by atoms with van der Waals surface area (Å²) in [6.45, 7) is 6.40. The third-order valence-electron chi connectivity index (χ3n) is 4.20. The fraction of sp³-hybridized carbons (Fsp3) is 0.625. The molecule has 1 saturated heterocycles. The zero-order valence-electron chi connectivity index (χ0n) is 12.8. The molecule has 1 aliphatic heterocycles. The minimum Gasteiger partial charge on any atom is -0.373 e. The van der Waals surface area contributed by atoms with Gasteiger partial charge in [0, 0.05) is 36.3 Å². The van der Waals surface area contributed by atoms with Crippen LogP contribution in [0.5, 0.6) is 0 Å². The number of nitrogens with zero attached hydrogens (tertiary/aromatic N) is 2. The lowest BCUT2D eigenvalue weighted by atomic mass is 10.1. The van der Waals surface area contributed by atoms with E-state index in [2.05, 4.69) is 70.3 Å². The van der Waals surface area contributed by atoms with Gasteiger partial charge in [-0.05, 0) is 50.7 Å². The number of benzene rings is 1. The molecular weight excluding hydrogens is 314 g/mol. The highest BCUT2D eigenvalue weighted by Crippen LogP contribution is 2.25. The van der Waals surface area contributed by atoms with Crippen molar-refractivity contribution in [3.05, 3.63) is 28.2 Å². The van der Waals surface area contributed by atoms with Crippen LogP contribution in [-0.4, -0.2) is 44.7 Å². The molecule has 1 fully saturated rings. The molecule has 1 aromatic carbocycles. The Labute approximate surface area is 131 Å². The molecule has 1 unspecified atom stereocenters. The normalized spacial score (nSPS) is 19.5. The van der Waals surface area contributed by atoms with Gasteiger partial charge in [0.15, 0.2) is 0 Å². The van der Waals surface area contributed by atoms with Gasteiger partial charge in [0.1, 0.15) is 0 Å². The lowest BCUT2D eigenvalue weighted by molar-refractivity contribution is 0.314. The Morgan fingerprint density at radius 3 is 2.85 bits per heavy atom. The molecular formula is C16H26BrN3. The fourth-order valence-electron chi connectivity index (χ4n) is 2.81. The molecule has 0 saturated carbocycles. The molecule has 20 heavy (non-hydrogen) atoms. The molecule has 0 aromatic heterocycles. The maximum Gasteiger partial charge on any atom is 0.0375 e. The van der Waals surface area contributed by atoms with Crippen LogP contribution < -0.4 is 10.2 Å². The molecule has 0 amide bonds. The highest BCUT2D eigenvalue weighted by Gasteiger charge is 2.22. The molecule has 0 spiro atoms. The van der Waals surface area contributed by atoms with Gasteiger partial charge in [-0.25, -0.2) is 0 Å². The van der Waals surface area contributed by atoms with Gasteiger partial charge >= 0.3 is 0 Å². The number of nitrogens with one attached hydrogen (secondary N) is 1. The number of rotatable bonds is 6. The smallest absolute Gasteiger partial charge is 0.0375 e. The Kier molecular flexibility index (Phi) is 5.87. The minimum absolute atomic E-state index is 0.695. The maximum atomic E-state index is 3.69. The van der Waals surface area contributed by atoms with Crippen LogP contribution in [0.4, 0.5) is 5.69 Å². The van der Waals surface area contributed by atoms with E-state index >= 15 is 0 Å². The molecule has 0 radical (unpaired) electrons. The molecule has 2 rings (SSSR count). The largest absolute Gasteiger partial charge is 0.373 e. The molecule has 3 nitrogen and oxygen atoms in total. The Morgan fingerprint density at radius 2 is 2.25 bits per heavy atom. The quantitative estimate of drug-likeness (QED) is 0.859. The molecule has 1 heterocycles. The van der Waals surface area contributed by atoms with Gasteiger partial charge in [-0.15, -0.1) is 0 Å². The van der Waals surface area contributed by atoms with Gasteiger partial charge in [-0.1, -0.05) is 28.9 Å². The topological polar surface area (TPSA) is 18.5 Å². The van der Waals surface area contributed by atoms with E-state index in [-0.39, 0.29) is 0 Å². The fourth-order valence-corrected chi connectivity index (χ4v) is 3.32. The molecule has 0 bridgehead atoms. The second kappa shape index (κ2) is 7.43. The zero-order valence-corrected chi connectivity index (χ0v) is 14.4. The third-order valence-corrected chi connectivity index (χ3v) is 4.94. The van der Waals surface area contributed by atoms with Crippen LogP contribution in [0.15, 0.2) is 22.7 Å². The summed E-state index contributed by atoms with van der Waals surface area (Å²) in [5.74, 6) is 0. The highest BCUT2D eigenvalue weighted by molar-refractivity contribution is 9.10. The second-order valence-corrected chi connectivity index (χ2v) is 6.57. The van der Waals surface area contributed by atoms with Crippen molar-refractivity contribution in [2.24, 2.45) is 0 Å². The highest BCUT2D eigenvalue weighted by atomic mass is 79.9. The van der Waals surface area contributed by atoms with Crippen LogP contribution >= 0.6 is 15.9 Å². The number of hydrogen-bond donors (Lipinski definition) is 1. The van der Waals surface area contributed by atoms with Gasteiger partial charge in [0.2, 0.25) is 0 Å². The summed E-state index contributed by atoms with van der Waals surface area (Å²) in [5, 5.41) is 3.37. The Morgan fingerprint density at radius 1 is 1.45 bits per heavy atom. The molecule has 1 N–H and O–H groups in total. The number of anilines is 1. The first-order valence-electron chi connectivity index (χ1n) is 7.52. The van der Waals surface area contributed by atoms with Crippen molar-refractivity contribution >= 4 is 21.6 Å². The van der Waals surface area contributed by atoms with Crippen molar-refractivity contribution in [1.82, 2.24) is 10.2 Å². The van der Waals surface area contributed by atoms with Crippen molar-refractivity contribution in [2.75, 3.05) is 38.6 Å². The number of halogens is 1. The summed E-state index contributed by atoms with van der Waals surface area (Å²) in [6.07, 6.45) is 2.65. The van der Waals surface area contributed by atoms with Crippen LogP contribution in [0.1, 0.15) is 25.3 Å². The van der Waals surface area contributed by atoms with E-state index in [9.17, 15) is 0 Å². The van der Waals surface area contributed by atoms with E-state index in [4.69, 9.17) is 0 Å². The summed E-state index contributed by atoms with van der Waals surface area (Å²) in [7, 11) is 4.43. The summed E-state index contributed by atoms with van der Waals surface area (Å²) in [6, 6.07) is 7.38. The van der Waals surface area contributed by atoms with E-state index in [1.807, 2.05) is 0 Å². The van der Waals surface area contributed by atoms with Gasteiger partial charge in [0.05, 0.1) is 0 Å². The van der Waals surface area contributed by atoms with E-state index in [1.54, 1.807) is 0 Å². The Balaban J connectivity index is 1.99. The van der Waals surface area contributed by atoms with Gasteiger partial charge in [-0.2, -0.15) is 0 Å². The van der Waals surface area contributed by atoms with Crippen LogP contribution in [-0.2, 0) is 6.54 Å². The summed E-state index contributed by atoms with van der Waals surface area (Å²) >= 11 is 3.69. The first-order valence-corrected chi connectivity index (χ1v) is 8.31. The molecule has 1 aromatic rings. The average molecular weight is 340 g/mol. The monoisotopic (exact) mass is 339 g/mol. The molecule has 112 valence electrons. The summed E-state index contributed by atoms with van der Waals surface area (Å²) in [5.41, 5.74) is 2.61. The lowest BCUT2D eigenvalue weighted by Gasteiger charge is -2.27.